The van der Waals surface area contributed by atoms with E-state index < -0.39 is 0 Å². The fourth-order valence-electron chi connectivity index (χ4n) is 2.21. The van der Waals surface area contributed by atoms with E-state index in [-0.39, 0.29) is 0 Å². The average Bonchev–Trinajstić information content (AvgIpc) is 2.26. The number of hydrogen-bond acceptors (Lipinski definition) is 1. The lowest BCUT2D eigenvalue weighted by Crippen LogP contribution is -2.36. The summed E-state index contributed by atoms with van der Waals surface area (Å²) in [4.78, 5) is 2.43. The van der Waals surface area contributed by atoms with Gasteiger partial charge in [0.1, 0.15) is 0 Å². The van der Waals surface area contributed by atoms with E-state index in [1.54, 1.807) is 0 Å². The zero-order valence-corrected chi connectivity index (χ0v) is 10.1. The molecule has 0 aromatic heterocycles. The van der Waals surface area contributed by atoms with Crippen molar-refractivity contribution in [1.29, 1.82) is 0 Å². The summed E-state index contributed by atoms with van der Waals surface area (Å²) in [7, 11) is 0. The Morgan fingerprint density at radius 2 is 2.13 bits per heavy atom. The Labute approximate surface area is 94.2 Å². The highest BCUT2D eigenvalue weighted by Crippen LogP contribution is 2.25. The second kappa shape index (κ2) is 5.79. The van der Waals surface area contributed by atoms with Crippen molar-refractivity contribution in [3.63, 3.8) is 0 Å². The molecule has 15 heavy (non-hydrogen) atoms. The van der Waals surface area contributed by atoms with Gasteiger partial charge in [-0.3, -0.25) is 0 Å². The Hall–Kier alpha value is -0.980. The molecule has 0 N–H and O–H groups in total. The van der Waals surface area contributed by atoms with E-state index in [0.29, 0.717) is 0 Å². The van der Waals surface area contributed by atoms with Crippen molar-refractivity contribution in [2.45, 2.75) is 26.7 Å². The van der Waals surface area contributed by atoms with Crippen molar-refractivity contribution in [2.24, 2.45) is 11.8 Å². The van der Waals surface area contributed by atoms with Crippen LogP contribution < -0.4 is 0 Å². The molecule has 0 radical (unpaired) electrons. The SMILES string of the molecule is C=C/C=C(\C=C)N1CCCC(C(C)C)C1. The van der Waals surface area contributed by atoms with Crippen molar-refractivity contribution in [2.75, 3.05) is 13.1 Å². The van der Waals surface area contributed by atoms with Crippen molar-refractivity contribution in [1.82, 2.24) is 4.90 Å². The predicted molar refractivity (Wildman–Crippen MR) is 67.6 cm³/mol. The van der Waals surface area contributed by atoms with Crippen LogP contribution in [0.4, 0.5) is 0 Å². The highest BCUT2D eigenvalue weighted by molar-refractivity contribution is 5.20. The van der Waals surface area contributed by atoms with E-state index in [0.717, 1.165) is 18.4 Å². The van der Waals surface area contributed by atoms with E-state index in [1.165, 1.54) is 25.1 Å². The summed E-state index contributed by atoms with van der Waals surface area (Å²) in [5.74, 6) is 1.61. The molecule has 1 rings (SSSR count). The van der Waals surface area contributed by atoms with Crippen molar-refractivity contribution in [3.8, 4) is 0 Å². The lowest BCUT2D eigenvalue weighted by atomic mass is 9.87. The monoisotopic (exact) mass is 205 g/mol. The Bertz CT molecular complexity index is 250. The molecule has 0 bridgehead atoms. The molecule has 1 unspecified atom stereocenters. The first-order valence-corrected chi connectivity index (χ1v) is 5.89. The molecule has 0 amide bonds. The summed E-state index contributed by atoms with van der Waals surface area (Å²) in [6.07, 6.45) is 8.49. The molecule has 1 saturated heterocycles. The molecule has 0 spiro atoms. The topological polar surface area (TPSA) is 3.24 Å². The minimum atomic E-state index is 0.780. The Morgan fingerprint density at radius 3 is 2.67 bits per heavy atom. The van der Waals surface area contributed by atoms with E-state index in [1.807, 2.05) is 12.2 Å². The number of likely N-dealkylation sites (tertiary alicyclic amines) is 1. The zero-order chi connectivity index (χ0) is 11.3. The normalized spacial score (nSPS) is 23.0. The summed E-state index contributed by atoms with van der Waals surface area (Å²) >= 11 is 0. The second-order valence-electron chi connectivity index (χ2n) is 4.62. The summed E-state index contributed by atoms with van der Waals surface area (Å²) in [6, 6.07) is 0. The van der Waals surface area contributed by atoms with Crippen LogP contribution in [0.3, 0.4) is 0 Å². The Kier molecular flexibility index (Phi) is 4.67. The van der Waals surface area contributed by atoms with Gasteiger partial charge in [-0.15, -0.1) is 0 Å². The summed E-state index contributed by atoms with van der Waals surface area (Å²) in [5, 5.41) is 0. The third-order valence-electron chi connectivity index (χ3n) is 3.26. The van der Waals surface area contributed by atoms with Gasteiger partial charge in [-0.1, -0.05) is 33.1 Å². The molecule has 0 saturated carbocycles. The van der Waals surface area contributed by atoms with Gasteiger partial charge < -0.3 is 4.90 Å². The van der Waals surface area contributed by atoms with Crippen LogP contribution in [-0.2, 0) is 0 Å². The molecule has 1 nitrogen and oxygen atoms in total. The number of nitrogens with zero attached hydrogens (tertiary/aromatic N) is 1. The van der Waals surface area contributed by atoms with Gasteiger partial charge in [-0.2, -0.15) is 0 Å². The van der Waals surface area contributed by atoms with Crippen molar-refractivity contribution >= 4 is 0 Å². The van der Waals surface area contributed by atoms with E-state index in [9.17, 15) is 0 Å². The molecule has 1 atom stereocenters. The molecule has 1 heteroatoms. The van der Waals surface area contributed by atoms with Crippen LogP contribution in [0, 0.1) is 11.8 Å². The molecular formula is C14H23N. The van der Waals surface area contributed by atoms with Gasteiger partial charge >= 0.3 is 0 Å². The first-order chi connectivity index (χ1) is 7.19. The van der Waals surface area contributed by atoms with Gasteiger partial charge in [-0.25, -0.2) is 0 Å². The van der Waals surface area contributed by atoms with Crippen molar-refractivity contribution < 1.29 is 0 Å². The van der Waals surface area contributed by atoms with Gasteiger partial charge in [0.15, 0.2) is 0 Å². The number of piperidine rings is 1. The lowest BCUT2D eigenvalue weighted by molar-refractivity contribution is 0.184. The summed E-state index contributed by atoms with van der Waals surface area (Å²) in [6.45, 7) is 14.6. The Balaban J connectivity index is 2.66. The third-order valence-corrected chi connectivity index (χ3v) is 3.26. The maximum Gasteiger partial charge on any atom is 0.0360 e. The predicted octanol–water partition coefficient (Wildman–Crippen LogP) is 3.61. The van der Waals surface area contributed by atoms with E-state index in [2.05, 4.69) is 38.0 Å². The van der Waals surface area contributed by atoms with Gasteiger partial charge in [-0.05, 0) is 36.8 Å². The molecular weight excluding hydrogens is 182 g/mol. The smallest absolute Gasteiger partial charge is 0.0360 e. The van der Waals surface area contributed by atoms with Crippen molar-refractivity contribution in [3.05, 3.63) is 37.1 Å². The minimum absolute atomic E-state index is 0.780. The first kappa shape index (κ1) is 12.1. The van der Waals surface area contributed by atoms with E-state index in [4.69, 9.17) is 0 Å². The molecule has 84 valence electrons. The quantitative estimate of drug-likeness (QED) is 0.634. The molecule has 0 aromatic carbocycles. The zero-order valence-electron chi connectivity index (χ0n) is 10.1. The molecule has 0 aromatic rings. The maximum atomic E-state index is 3.87. The number of allylic oxidation sites excluding steroid dienone is 3. The van der Waals surface area contributed by atoms with Crippen LogP contribution in [0.2, 0.25) is 0 Å². The van der Waals surface area contributed by atoms with Crippen LogP contribution in [0.5, 0.6) is 0 Å². The molecule has 1 heterocycles. The standard InChI is InChI=1S/C14H23N/c1-5-8-14(6-2)15-10-7-9-13(11-15)12(3)4/h5-6,8,12-13H,1-2,7,9-11H2,3-4H3/b14-8+. The number of hydrogen-bond donors (Lipinski definition) is 0. The number of rotatable bonds is 4. The van der Waals surface area contributed by atoms with Gasteiger partial charge in [0, 0.05) is 18.8 Å². The molecule has 1 fully saturated rings. The third kappa shape index (κ3) is 3.26. The molecule has 0 aliphatic carbocycles. The van der Waals surface area contributed by atoms with Crippen LogP contribution in [0.15, 0.2) is 37.1 Å². The molecule has 1 aliphatic heterocycles. The van der Waals surface area contributed by atoms with Gasteiger partial charge in [0.05, 0.1) is 0 Å². The van der Waals surface area contributed by atoms with Crippen LogP contribution >= 0.6 is 0 Å². The first-order valence-electron chi connectivity index (χ1n) is 5.89. The highest BCUT2D eigenvalue weighted by Gasteiger charge is 2.22. The van der Waals surface area contributed by atoms with Gasteiger partial charge in [0.25, 0.3) is 0 Å². The minimum Gasteiger partial charge on any atom is -0.371 e. The van der Waals surface area contributed by atoms with Gasteiger partial charge in [0.2, 0.25) is 0 Å². The largest absolute Gasteiger partial charge is 0.371 e. The summed E-state index contributed by atoms with van der Waals surface area (Å²) in [5.41, 5.74) is 1.22. The fraction of sp³-hybridized carbons (Fsp3) is 0.571. The molecule has 1 aliphatic rings. The maximum absolute atomic E-state index is 3.87. The highest BCUT2D eigenvalue weighted by atomic mass is 15.1. The fourth-order valence-corrected chi connectivity index (χ4v) is 2.21. The summed E-state index contributed by atoms with van der Waals surface area (Å²) < 4.78 is 0. The van der Waals surface area contributed by atoms with Crippen LogP contribution in [0.1, 0.15) is 26.7 Å². The van der Waals surface area contributed by atoms with Crippen LogP contribution in [0.25, 0.3) is 0 Å². The second-order valence-corrected chi connectivity index (χ2v) is 4.62. The Morgan fingerprint density at radius 1 is 1.40 bits per heavy atom. The average molecular weight is 205 g/mol. The lowest BCUT2D eigenvalue weighted by Gasteiger charge is -2.36. The van der Waals surface area contributed by atoms with E-state index >= 15 is 0 Å². The van der Waals surface area contributed by atoms with Crippen LogP contribution in [-0.4, -0.2) is 18.0 Å².